The third-order valence-corrected chi connectivity index (χ3v) is 5.77. The summed E-state index contributed by atoms with van der Waals surface area (Å²) in [5, 5.41) is 0. The Bertz CT molecular complexity index is 600. The Hall–Kier alpha value is -1.08. The molecule has 1 saturated heterocycles. The van der Waals surface area contributed by atoms with E-state index in [0.717, 1.165) is 4.47 Å². The van der Waals surface area contributed by atoms with Crippen LogP contribution in [0.15, 0.2) is 28.7 Å². The summed E-state index contributed by atoms with van der Waals surface area (Å²) in [5.74, 6) is 0.657. The van der Waals surface area contributed by atoms with Gasteiger partial charge in [0.15, 0.2) is 16.4 Å². The van der Waals surface area contributed by atoms with Gasteiger partial charge >= 0.3 is 0 Å². The number of hydrogen-bond acceptors (Lipinski definition) is 4. The molecule has 0 radical (unpaired) electrons. The predicted molar refractivity (Wildman–Crippen MR) is 84.1 cm³/mol. The lowest BCUT2D eigenvalue weighted by Gasteiger charge is -2.26. The zero-order valence-electron chi connectivity index (χ0n) is 11.8. The Morgan fingerprint density at radius 3 is 2.57 bits per heavy atom. The number of halogens is 1. The number of carbonyl (C=O) groups excluding carboxylic acids is 1. The van der Waals surface area contributed by atoms with Gasteiger partial charge in [0, 0.05) is 17.1 Å². The van der Waals surface area contributed by atoms with Crippen LogP contribution in [0.1, 0.15) is 13.3 Å². The SMILES string of the molecule is CCN(C(=O)COc1ccc(Br)cc1)C1CCS(=O)(=O)C1. The maximum atomic E-state index is 12.2. The Balaban J connectivity index is 1.93. The predicted octanol–water partition coefficient (Wildman–Crippen LogP) is 1.86. The summed E-state index contributed by atoms with van der Waals surface area (Å²) in [6, 6.07) is 6.99. The van der Waals surface area contributed by atoms with Crippen LogP contribution in [-0.2, 0) is 14.6 Å². The second kappa shape index (κ2) is 6.79. The number of ether oxygens (including phenoxy) is 1. The van der Waals surface area contributed by atoms with E-state index >= 15 is 0 Å². The van der Waals surface area contributed by atoms with Crippen molar-refractivity contribution in [1.29, 1.82) is 0 Å². The molecular weight excluding hydrogens is 358 g/mol. The molecule has 7 heteroatoms. The molecule has 1 heterocycles. The molecule has 116 valence electrons. The Labute approximate surface area is 133 Å². The summed E-state index contributed by atoms with van der Waals surface area (Å²) in [7, 11) is -3.00. The van der Waals surface area contributed by atoms with Crippen molar-refractivity contribution in [3.63, 3.8) is 0 Å². The number of rotatable bonds is 5. The maximum Gasteiger partial charge on any atom is 0.260 e. The van der Waals surface area contributed by atoms with Gasteiger partial charge in [-0.2, -0.15) is 0 Å². The van der Waals surface area contributed by atoms with Gasteiger partial charge in [0.05, 0.1) is 11.5 Å². The summed E-state index contributed by atoms with van der Waals surface area (Å²) in [6.45, 7) is 2.26. The van der Waals surface area contributed by atoms with Crippen LogP contribution < -0.4 is 4.74 Å². The number of amides is 1. The minimum Gasteiger partial charge on any atom is -0.484 e. The summed E-state index contributed by atoms with van der Waals surface area (Å²) in [4.78, 5) is 13.8. The molecule has 0 aromatic heterocycles. The highest BCUT2D eigenvalue weighted by molar-refractivity contribution is 9.10. The molecule has 0 aliphatic carbocycles. The third kappa shape index (κ3) is 4.44. The molecule has 21 heavy (non-hydrogen) atoms. The highest BCUT2D eigenvalue weighted by Gasteiger charge is 2.33. The minimum absolute atomic E-state index is 0.0604. The zero-order chi connectivity index (χ0) is 15.5. The lowest BCUT2D eigenvalue weighted by Crippen LogP contribution is -2.43. The van der Waals surface area contributed by atoms with Crippen molar-refractivity contribution >= 4 is 31.7 Å². The van der Waals surface area contributed by atoms with Crippen molar-refractivity contribution in [2.24, 2.45) is 0 Å². The van der Waals surface area contributed by atoms with Gasteiger partial charge in [0.2, 0.25) is 0 Å². The van der Waals surface area contributed by atoms with Gasteiger partial charge in [-0.3, -0.25) is 4.79 Å². The molecule has 1 atom stereocenters. The second-order valence-electron chi connectivity index (χ2n) is 4.98. The first-order valence-electron chi connectivity index (χ1n) is 6.79. The van der Waals surface area contributed by atoms with Crippen LogP contribution >= 0.6 is 15.9 Å². The summed E-state index contributed by atoms with van der Waals surface area (Å²) in [5.41, 5.74) is 0. The molecule has 1 unspecified atom stereocenters. The van der Waals surface area contributed by atoms with Crippen LogP contribution in [0.5, 0.6) is 5.75 Å². The lowest BCUT2D eigenvalue weighted by atomic mass is 10.2. The van der Waals surface area contributed by atoms with E-state index in [9.17, 15) is 13.2 Å². The molecular formula is C14H18BrNO4S. The van der Waals surface area contributed by atoms with E-state index in [1.54, 1.807) is 17.0 Å². The van der Waals surface area contributed by atoms with Crippen molar-refractivity contribution in [3.8, 4) is 5.75 Å². The molecule has 1 amide bonds. The minimum atomic E-state index is -3.00. The highest BCUT2D eigenvalue weighted by Crippen LogP contribution is 2.19. The Morgan fingerprint density at radius 2 is 2.05 bits per heavy atom. The lowest BCUT2D eigenvalue weighted by molar-refractivity contribution is -0.135. The number of likely N-dealkylation sites (N-methyl/N-ethyl adjacent to an activating group) is 1. The van der Waals surface area contributed by atoms with E-state index in [2.05, 4.69) is 15.9 Å². The Morgan fingerprint density at radius 1 is 1.38 bits per heavy atom. The zero-order valence-corrected chi connectivity index (χ0v) is 14.2. The first-order valence-corrected chi connectivity index (χ1v) is 9.41. The highest BCUT2D eigenvalue weighted by atomic mass is 79.9. The summed E-state index contributed by atoms with van der Waals surface area (Å²) >= 11 is 3.33. The molecule has 1 fully saturated rings. The third-order valence-electron chi connectivity index (χ3n) is 3.49. The smallest absolute Gasteiger partial charge is 0.260 e. The van der Waals surface area contributed by atoms with Crippen LogP contribution in [0.3, 0.4) is 0 Å². The topological polar surface area (TPSA) is 63.7 Å². The van der Waals surface area contributed by atoms with Crippen molar-refractivity contribution in [2.45, 2.75) is 19.4 Å². The van der Waals surface area contributed by atoms with Crippen molar-refractivity contribution < 1.29 is 17.9 Å². The van der Waals surface area contributed by atoms with Crippen molar-refractivity contribution in [3.05, 3.63) is 28.7 Å². The van der Waals surface area contributed by atoms with Crippen LogP contribution in [0, 0.1) is 0 Å². The van der Waals surface area contributed by atoms with Crippen molar-refractivity contribution in [1.82, 2.24) is 4.90 Å². The van der Waals surface area contributed by atoms with Gasteiger partial charge in [0.25, 0.3) is 5.91 Å². The normalized spacial score (nSPS) is 20.2. The number of carbonyl (C=O) groups is 1. The van der Waals surface area contributed by atoms with Crippen LogP contribution in [0.2, 0.25) is 0 Å². The number of nitrogens with zero attached hydrogens (tertiary/aromatic N) is 1. The standard InChI is InChI=1S/C14H18BrNO4S/c1-2-16(12-7-8-21(18,19)10-12)14(17)9-20-13-5-3-11(15)4-6-13/h3-6,12H,2,7-10H2,1H3. The van der Waals surface area contributed by atoms with Crippen LogP contribution in [0.4, 0.5) is 0 Å². The van der Waals surface area contributed by atoms with Gasteiger partial charge in [-0.1, -0.05) is 15.9 Å². The van der Waals surface area contributed by atoms with Gasteiger partial charge in [-0.25, -0.2) is 8.42 Å². The molecule has 1 aromatic rings. The summed E-state index contributed by atoms with van der Waals surface area (Å²) in [6.07, 6.45) is 0.514. The number of benzene rings is 1. The number of hydrogen-bond donors (Lipinski definition) is 0. The van der Waals surface area contributed by atoms with Crippen LogP contribution in [-0.4, -0.2) is 49.9 Å². The molecule has 1 aliphatic rings. The van der Waals surface area contributed by atoms with E-state index in [-0.39, 0.29) is 30.1 Å². The van der Waals surface area contributed by atoms with E-state index in [1.807, 2.05) is 19.1 Å². The monoisotopic (exact) mass is 375 g/mol. The molecule has 0 N–H and O–H groups in total. The van der Waals surface area contributed by atoms with Crippen molar-refractivity contribution in [2.75, 3.05) is 24.7 Å². The fourth-order valence-electron chi connectivity index (χ4n) is 2.42. The molecule has 5 nitrogen and oxygen atoms in total. The molecule has 1 aliphatic heterocycles. The van der Waals surface area contributed by atoms with E-state index < -0.39 is 9.84 Å². The molecule has 0 saturated carbocycles. The van der Waals surface area contributed by atoms with Gasteiger partial charge in [-0.05, 0) is 37.6 Å². The Kier molecular flexibility index (Phi) is 5.27. The van der Waals surface area contributed by atoms with Gasteiger partial charge in [-0.15, -0.1) is 0 Å². The average Bonchev–Trinajstić information content (AvgIpc) is 2.79. The fraction of sp³-hybridized carbons (Fsp3) is 0.500. The maximum absolute atomic E-state index is 12.2. The van der Waals surface area contributed by atoms with Crippen LogP contribution in [0.25, 0.3) is 0 Å². The van der Waals surface area contributed by atoms with E-state index in [1.165, 1.54) is 0 Å². The first-order chi connectivity index (χ1) is 9.91. The van der Waals surface area contributed by atoms with Gasteiger partial charge in [0.1, 0.15) is 5.75 Å². The largest absolute Gasteiger partial charge is 0.484 e. The van der Waals surface area contributed by atoms with E-state index in [0.29, 0.717) is 18.7 Å². The first kappa shape index (κ1) is 16.3. The van der Waals surface area contributed by atoms with Gasteiger partial charge < -0.3 is 9.64 Å². The molecule has 0 bridgehead atoms. The van der Waals surface area contributed by atoms with E-state index in [4.69, 9.17) is 4.74 Å². The molecule has 2 rings (SSSR count). The average molecular weight is 376 g/mol. The quantitative estimate of drug-likeness (QED) is 0.787. The summed E-state index contributed by atoms with van der Waals surface area (Å²) < 4.78 is 29.4. The number of sulfone groups is 1. The molecule has 0 spiro atoms. The molecule has 1 aromatic carbocycles. The second-order valence-corrected chi connectivity index (χ2v) is 8.12. The fourth-order valence-corrected chi connectivity index (χ4v) is 4.41.